The van der Waals surface area contributed by atoms with Crippen LogP contribution in [0.5, 0.6) is 11.5 Å². The van der Waals surface area contributed by atoms with Gasteiger partial charge in [0, 0.05) is 116 Å². The molecule has 2 aliphatic heterocycles. The van der Waals surface area contributed by atoms with Gasteiger partial charge in [0.15, 0.2) is 0 Å². The Morgan fingerprint density at radius 2 is 1.10 bits per heavy atom. The number of nitrogens with zero attached hydrogens (tertiary/aromatic N) is 7. The fourth-order valence-corrected chi connectivity index (χ4v) is 9.95. The Labute approximate surface area is 537 Å². The second-order valence-electron chi connectivity index (χ2n) is 21.4. The van der Waals surface area contributed by atoms with Crippen molar-refractivity contribution in [3.63, 3.8) is 0 Å². The van der Waals surface area contributed by atoms with Crippen molar-refractivity contribution < 1.29 is 104 Å². The number of hydrogen-bond acceptors (Lipinski definition) is 20. The molecule has 0 unspecified atom stereocenters. The zero-order valence-electron chi connectivity index (χ0n) is 53.0. The molecule has 2 saturated heterocycles. The average molecular weight is 1330 g/mol. The van der Waals surface area contributed by atoms with Gasteiger partial charge in [-0.1, -0.05) is 19.1 Å². The van der Waals surface area contributed by atoms with E-state index in [1.54, 1.807) is 21.6 Å². The molecule has 93 heavy (non-hydrogen) atoms. The lowest BCUT2D eigenvalue weighted by Crippen LogP contribution is -2.55. The number of halogens is 6. The van der Waals surface area contributed by atoms with Gasteiger partial charge in [0.1, 0.15) is 11.5 Å². The highest BCUT2D eigenvalue weighted by atomic mass is 19.4. The summed E-state index contributed by atoms with van der Waals surface area (Å²) in [6, 6.07) is 15.0. The number of carbonyl (C=O) groups excluding carboxylic acids is 2. The number of anilines is 1. The van der Waals surface area contributed by atoms with E-state index in [1.807, 2.05) is 55.1 Å². The molecule has 5 rings (SSSR count). The van der Waals surface area contributed by atoms with Crippen LogP contribution in [0.25, 0.3) is 11.3 Å². The van der Waals surface area contributed by atoms with Crippen molar-refractivity contribution in [2.75, 3.05) is 195 Å². The Hall–Kier alpha value is -7.01. The highest BCUT2D eigenvalue weighted by Gasteiger charge is 2.40. The average Bonchev–Trinajstić information content (AvgIpc) is 0.799. The third-order valence-electron chi connectivity index (χ3n) is 14.5. The quantitative estimate of drug-likeness (QED) is 0.0320. The van der Waals surface area contributed by atoms with Crippen LogP contribution < -0.4 is 30.3 Å². The van der Waals surface area contributed by atoms with Gasteiger partial charge in [-0.25, -0.2) is 9.78 Å². The van der Waals surface area contributed by atoms with E-state index >= 15 is 0 Å². The Morgan fingerprint density at radius 1 is 0.581 bits per heavy atom. The summed E-state index contributed by atoms with van der Waals surface area (Å²) in [6.45, 7) is 14.7. The summed E-state index contributed by atoms with van der Waals surface area (Å²) in [6.07, 6.45) is -8.39. The summed E-state index contributed by atoms with van der Waals surface area (Å²) in [5.74, 6) is -5.99. The maximum Gasteiger partial charge on any atom is 0.490 e. The van der Waals surface area contributed by atoms with Crippen molar-refractivity contribution in [1.29, 1.82) is 0 Å². The number of aromatic nitrogens is 1. The van der Waals surface area contributed by atoms with Crippen molar-refractivity contribution >= 4 is 41.4 Å². The number of ether oxygens (including phenoxy) is 6. The predicted molar refractivity (Wildman–Crippen MR) is 329 cm³/mol. The van der Waals surface area contributed by atoms with Gasteiger partial charge in [-0.05, 0) is 75.7 Å². The summed E-state index contributed by atoms with van der Waals surface area (Å²) >= 11 is 0. The van der Waals surface area contributed by atoms with E-state index in [1.165, 1.54) is 17.0 Å². The number of benzene rings is 2. The summed E-state index contributed by atoms with van der Waals surface area (Å²) in [5.41, 5.74) is 1.86. The summed E-state index contributed by atoms with van der Waals surface area (Å²) in [4.78, 5) is 85.9. The van der Waals surface area contributed by atoms with Crippen LogP contribution in [-0.2, 0) is 55.6 Å². The molecule has 0 saturated carbocycles. The highest BCUT2D eigenvalue weighted by molar-refractivity contribution is 5.96. The van der Waals surface area contributed by atoms with Crippen LogP contribution in [0.1, 0.15) is 55.2 Å². The Bertz CT molecular complexity index is 2730. The lowest BCUT2D eigenvalue weighted by molar-refractivity contribution is -0.192. The molecule has 32 heteroatoms. The number of amides is 2. The Balaban J connectivity index is 0.00000248. The third kappa shape index (κ3) is 30.3. The second kappa shape index (κ2) is 42.3. The van der Waals surface area contributed by atoms with Crippen molar-refractivity contribution in [3.8, 4) is 22.8 Å². The molecule has 0 radical (unpaired) electrons. The summed E-state index contributed by atoms with van der Waals surface area (Å²) < 4.78 is 108. The molecule has 0 bridgehead atoms. The first-order valence-electron chi connectivity index (χ1n) is 30.9. The van der Waals surface area contributed by atoms with Gasteiger partial charge in [-0.2, -0.15) is 26.3 Å². The minimum atomic E-state index is -5.08. The molecule has 2 amide bonds. The van der Waals surface area contributed by atoms with Crippen molar-refractivity contribution in [2.24, 2.45) is 0 Å². The highest BCUT2D eigenvalue weighted by Crippen LogP contribution is 2.37. The molecule has 7 N–H and O–H groups in total. The maximum atomic E-state index is 14.2. The fourth-order valence-electron chi connectivity index (χ4n) is 9.95. The predicted octanol–water partition coefficient (Wildman–Crippen LogP) is 3.67. The molecule has 26 nitrogen and oxygen atoms in total. The Kier molecular flexibility index (Phi) is 35.7. The van der Waals surface area contributed by atoms with Crippen LogP contribution in [0.15, 0.2) is 54.6 Å². The normalized spacial score (nSPS) is 15.9. The monoisotopic (exact) mass is 1330 g/mol. The van der Waals surface area contributed by atoms with Gasteiger partial charge in [0.2, 0.25) is 5.91 Å². The zero-order chi connectivity index (χ0) is 68.2. The first kappa shape index (κ1) is 78.4. The number of carbonyl (C=O) groups is 6. The minimum absolute atomic E-state index is 0.0133. The van der Waals surface area contributed by atoms with E-state index in [-0.39, 0.29) is 103 Å². The van der Waals surface area contributed by atoms with Crippen molar-refractivity contribution in [3.05, 3.63) is 71.4 Å². The fraction of sp³-hybridized carbons (Fsp3) is 0.623. The molecular formula is C61H90F6N10O16. The second-order valence-corrected chi connectivity index (χ2v) is 21.4. The molecule has 1 aromatic heterocycles. The number of alkyl halides is 6. The van der Waals surface area contributed by atoms with Crippen LogP contribution in [0.3, 0.4) is 0 Å². The standard InChI is InChI=1S/C59H89F3N10O14.C2HF3O2/c1-4-45-40-71(58(80)47-13-12-46(85-5-2)38-49(47)59(60,61)62)28-29-72(45)52-15-14-50(48-10-7-8-11-53(48)86-6-3)66-51(52)39-64-18-17-63-16-9-30-81-32-34-83-36-37-84-35-33-82-31-19-65-54(73)41-67-20-22-68(42-55(74)75)24-26-70(44-57(78)79)27-25-69(23-21-67)43-56(76)77;3-2(4,5)1(6)7/h7-8,10-15,38,45,63-64H,4-6,9,16-37,39-44H2,1-3H3,(H,65,73)(H,74,75)(H,76,77)(H,78,79);(H,6,7)/t45-;/m1./s1. The first-order valence-corrected chi connectivity index (χ1v) is 30.9. The van der Waals surface area contributed by atoms with E-state index < -0.39 is 53.3 Å². The van der Waals surface area contributed by atoms with E-state index in [4.69, 9.17) is 43.3 Å². The molecule has 0 spiro atoms. The Morgan fingerprint density at radius 3 is 1.61 bits per heavy atom. The molecule has 1 atom stereocenters. The largest absolute Gasteiger partial charge is 0.494 e. The van der Waals surface area contributed by atoms with Gasteiger partial charge < -0.3 is 74.6 Å². The van der Waals surface area contributed by atoms with Crippen LogP contribution in [0.2, 0.25) is 0 Å². The molecule has 522 valence electrons. The summed E-state index contributed by atoms with van der Waals surface area (Å²) in [5, 5.41) is 45.2. The molecule has 3 aromatic rings. The van der Waals surface area contributed by atoms with E-state index in [0.717, 1.165) is 41.7 Å². The SMILES string of the molecule is CCOc1ccc(C(=O)N2CCN(c3ccc(-c4ccccc4OCC)nc3CNCCNCCCOCCOCCOCCOCCNC(=O)CN3CCN(CC(=O)O)CCN(CC(=O)O)CCN(CC(=O)O)CC3)[C@H](CC)C2)c(C(F)(F)F)c1.O=C(O)C(F)(F)F. The van der Waals surface area contributed by atoms with Gasteiger partial charge in [0.25, 0.3) is 5.91 Å². The van der Waals surface area contributed by atoms with E-state index in [0.29, 0.717) is 117 Å². The van der Waals surface area contributed by atoms with Crippen LogP contribution >= 0.6 is 0 Å². The molecule has 2 aliphatic rings. The number of hydrogen-bond donors (Lipinski definition) is 7. The zero-order valence-corrected chi connectivity index (χ0v) is 53.0. The van der Waals surface area contributed by atoms with E-state index in [2.05, 4.69) is 20.9 Å². The minimum Gasteiger partial charge on any atom is -0.494 e. The lowest BCUT2D eigenvalue weighted by atomic mass is 10.0. The van der Waals surface area contributed by atoms with Crippen LogP contribution in [0, 0.1) is 0 Å². The number of piperazine rings is 1. The van der Waals surface area contributed by atoms with Crippen molar-refractivity contribution in [1.82, 2.24) is 45.4 Å². The number of nitrogens with one attached hydrogen (secondary N) is 3. The molecule has 2 aromatic carbocycles. The molecule has 2 fully saturated rings. The number of aliphatic carboxylic acids is 4. The van der Waals surface area contributed by atoms with Gasteiger partial charge in [0.05, 0.1) is 114 Å². The number of carboxylic acids is 4. The topological polar surface area (TPSA) is 307 Å². The number of rotatable bonds is 37. The number of pyridine rings is 1. The maximum absolute atomic E-state index is 14.2. The lowest BCUT2D eigenvalue weighted by Gasteiger charge is -2.43. The molecule has 0 aliphatic carbocycles. The molecular weight excluding hydrogens is 1240 g/mol. The van der Waals surface area contributed by atoms with E-state index in [9.17, 15) is 65.6 Å². The van der Waals surface area contributed by atoms with Gasteiger partial charge in [-0.3, -0.25) is 43.6 Å². The summed E-state index contributed by atoms with van der Waals surface area (Å²) in [7, 11) is 0. The van der Waals surface area contributed by atoms with Gasteiger partial charge >= 0.3 is 36.2 Å². The molecule has 3 heterocycles. The van der Waals surface area contributed by atoms with Crippen LogP contribution in [-0.4, -0.2) is 288 Å². The number of carboxylic acid groups (broad SMARTS) is 4. The smallest absolute Gasteiger partial charge is 0.490 e. The van der Waals surface area contributed by atoms with Gasteiger partial charge in [-0.15, -0.1) is 0 Å². The first-order chi connectivity index (χ1) is 44.4. The number of para-hydroxylation sites is 1. The van der Waals surface area contributed by atoms with Crippen molar-refractivity contribution in [2.45, 2.75) is 58.6 Å². The van der Waals surface area contributed by atoms with Crippen LogP contribution in [0.4, 0.5) is 32.0 Å². The third-order valence-corrected chi connectivity index (χ3v) is 14.5.